The highest BCUT2D eigenvalue weighted by Gasteiger charge is 2.30. The Bertz CT molecular complexity index is 1300. The van der Waals surface area contributed by atoms with Gasteiger partial charge in [0.05, 0.1) is 15.9 Å². The highest BCUT2D eigenvalue weighted by Crippen LogP contribution is 2.37. The van der Waals surface area contributed by atoms with Crippen molar-refractivity contribution in [2.75, 3.05) is 11.7 Å². The third-order valence-electron chi connectivity index (χ3n) is 5.11. The molecule has 0 N–H and O–H groups in total. The number of ether oxygens (including phenoxy) is 2. The topological polar surface area (TPSA) is 90.2 Å². The van der Waals surface area contributed by atoms with Crippen molar-refractivity contribution in [2.24, 2.45) is 4.99 Å². The van der Waals surface area contributed by atoms with Crippen LogP contribution in [0.5, 0.6) is 11.5 Å². The maximum Gasteiger partial charge on any atom is 0.279 e. The summed E-state index contributed by atoms with van der Waals surface area (Å²) in [6, 6.07) is 10.1. The molecule has 0 spiro atoms. The molecule has 0 atom stereocenters. The van der Waals surface area contributed by atoms with Crippen LogP contribution in [-0.4, -0.2) is 29.1 Å². The predicted molar refractivity (Wildman–Crippen MR) is 114 cm³/mol. The monoisotopic (exact) mass is 435 g/mol. The van der Waals surface area contributed by atoms with Gasteiger partial charge in [0.2, 0.25) is 18.6 Å². The summed E-state index contributed by atoms with van der Waals surface area (Å²) in [5.74, 6) is 0.435. The minimum Gasteiger partial charge on any atom is -0.454 e. The molecule has 31 heavy (non-hydrogen) atoms. The minimum atomic E-state index is -0.421. The number of thiazole rings is 1. The van der Waals surface area contributed by atoms with Crippen LogP contribution < -0.4 is 19.2 Å². The number of aromatic nitrogens is 1. The van der Waals surface area contributed by atoms with Gasteiger partial charge >= 0.3 is 0 Å². The Morgan fingerprint density at radius 1 is 1.10 bits per heavy atom. The molecule has 5 rings (SSSR count). The predicted octanol–water partition coefficient (Wildman–Crippen LogP) is 3.01. The first-order chi connectivity index (χ1) is 15.0. The fourth-order valence-electron chi connectivity index (χ4n) is 3.62. The number of hydrogen-bond donors (Lipinski definition) is 0. The molecule has 0 bridgehead atoms. The van der Waals surface area contributed by atoms with Gasteiger partial charge in [-0.1, -0.05) is 17.4 Å². The molecular formula is C22H17N3O5S. The molecule has 2 aliphatic heterocycles. The Balaban J connectivity index is 1.50. The number of carbonyl (C=O) groups excluding carboxylic acids is 3. The zero-order valence-electron chi connectivity index (χ0n) is 16.4. The molecule has 2 aliphatic rings. The second kappa shape index (κ2) is 7.51. The summed E-state index contributed by atoms with van der Waals surface area (Å²) in [5.41, 5.74) is 1.70. The molecule has 2 aromatic carbocycles. The largest absolute Gasteiger partial charge is 0.454 e. The SMILES string of the molecule is C=CCn1c(=NC(=O)c2ccc(N3C(=O)CCC3=O)cc2)sc2cc3c(cc21)OCO3. The normalized spacial score (nSPS) is 15.9. The van der Waals surface area contributed by atoms with Crippen LogP contribution in [0.1, 0.15) is 23.2 Å². The molecule has 0 aliphatic carbocycles. The van der Waals surface area contributed by atoms with Gasteiger partial charge in [0, 0.05) is 37.1 Å². The number of imide groups is 1. The Labute approximate surface area is 180 Å². The van der Waals surface area contributed by atoms with Crippen molar-refractivity contribution >= 4 is 45.0 Å². The Morgan fingerprint density at radius 3 is 2.45 bits per heavy atom. The molecule has 156 valence electrons. The van der Waals surface area contributed by atoms with E-state index in [4.69, 9.17) is 9.47 Å². The van der Waals surface area contributed by atoms with Gasteiger partial charge in [-0.25, -0.2) is 0 Å². The molecule has 8 nitrogen and oxygen atoms in total. The van der Waals surface area contributed by atoms with Gasteiger partial charge in [-0.05, 0) is 24.3 Å². The van der Waals surface area contributed by atoms with Crippen LogP contribution >= 0.6 is 11.3 Å². The van der Waals surface area contributed by atoms with E-state index in [-0.39, 0.29) is 31.4 Å². The van der Waals surface area contributed by atoms with Crippen LogP contribution in [0.2, 0.25) is 0 Å². The second-order valence-electron chi connectivity index (χ2n) is 7.04. The van der Waals surface area contributed by atoms with Crippen LogP contribution in [-0.2, 0) is 16.1 Å². The summed E-state index contributed by atoms with van der Waals surface area (Å²) in [6.07, 6.45) is 2.16. The highest BCUT2D eigenvalue weighted by atomic mass is 32.1. The third kappa shape index (κ3) is 3.32. The van der Waals surface area contributed by atoms with Crippen LogP contribution in [0.25, 0.3) is 10.2 Å². The molecule has 1 saturated heterocycles. The van der Waals surface area contributed by atoms with E-state index in [1.165, 1.54) is 11.3 Å². The number of fused-ring (bicyclic) bond motifs is 2. The van der Waals surface area contributed by atoms with Crippen molar-refractivity contribution in [2.45, 2.75) is 19.4 Å². The lowest BCUT2D eigenvalue weighted by Crippen LogP contribution is -2.28. The van der Waals surface area contributed by atoms with Crippen molar-refractivity contribution in [3.05, 3.63) is 59.4 Å². The van der Waals surface area contributed by atoms with E-state index < -0.39 is 5.91 Å². The number of anilines is 1. The van der Waals surface area contributed by atoms with Gasteiger partial charge in [0.15, 0.2) is 16.3 Å². The molecule has 3 amide bonds. The van der Waals surface area contributed by atoms with Gasteiger partial charge in [-0.3, -0.25) is 19.3 Å². The van der Waals surface area contributed by atoms with E-state index in [0.29, 0.717) is 34.1 Å². The van der Waals surface area contributed by atoms with Crippen molar-refractivity contribution < 1.29 is 23.9 Å². The van der Waals surface area contributed by atoms with E-state index in [2.05, 4.69) is 11.6 Å². The van der Waals surface area contributed by atoms with Gasteiger partial charge in [-0.15, -0.1) is 6.58 Å². The molecule has 1 aromatic heterocycles. The van der Waals surface area contributed by atoms with Crippen molar-refractivity contribution in [1.29, 1.82) is 0 Å². The average Bonchev–Trinajstić information content (AvgIpc) is 3.44. The van der Waals surface area contributed by atoms with Crippen molar-refractivity contribution in [3.63, 3.8) is 0 Å². The molecule has 1 fully saturated rings. The van der Waals surface area contributed by atoms with E-state index in [1.54, 1.807) is 30.3 Å². The molecule has 9 heteroatoms. The number of rotatable bonds is 4. The third-order valence-corrected chi connectivity index (χ3v) is 6.15. The lowest BCUT2D eigenvalue weighted by molar-refractivity contribution is -0.121. The standard InChI is InChI=1S/C22H17N3O5S/c1-2-9-24-15-10-16-17(30-12-29-16)11-18(15)31-22(24)23-21(28)13-3-5-14(6-4-13)25-19(26)7-8-20(25)27/h2-6,10-11H,1,7-9,12H2. The van der Waals surface area contributed by atoms with Crippen LogP contribution in [0.3, 0.4) is 0 Å². The van der Waals surface area contributed by atoms with E-state index >= 15 is 0 Å². The first-order valence-electron chi connectivity index (χ1n) is 9.64. The smallest absolute Gasteiger partial charge is 0.279 e. The van der Waals surface area contributed by atoms with Gasteiger partial charge in [0.25, 0.3) is 5.91 Å². The van der Waals surface area contributed by atoms with Crippen LogP contribution in [0, 0.1) is 0 Å². The van der Waals surface area contributed by atoms with E-state index in [1.807, 2.05) is 16.7 Å². The lowest BCUT2D eigenvalue weighted by atomic mass is 10.2. The maximum absolute atomic E-state index is 12.8. The van der Waals surface area contributed by atoms with Gasteiger partial charge in [0.1, 0.15) is 0 Å². The zero-order chi connectivity index (χ0) is 21.5. The lowest BCUT2D eigenvalue weighted by Gasteiger charge is -2.13. The number of benzene rings is 2. The molecule has 0 saturated carbocycles. The van der Waals surface area contributed by atoms with Gasteiger partial charge < -0.3 is 14.0 Å². The average molecular weight is 435 g/mol. The Hall–Kier alpha value is -3.72. The van der Waals surface area contributed by atoms with Crippen LogP contribution in [0.15, 0.2) is 54.0 Å². The van der Waals surface area contributed by atoms with Crippen molar-refractivity contribution in [3.8, 4) is 11.5 Å². The Kier molecular flexibility index (Phi) is 4.67. The summed E-state index contributed by atoms with van der Waals surface area (Å²) < 4.78 is 13.7. The number of hydrogen-bond acceptors (Lipinski definition) is 6. The second-order valence-corrected chi connectivity index (χ2v) is 8.05. The number of allylic oxidation sites excluding steroid dienone is 1. The molecule has 3 heterocycles. The minimum absolute atomic E-state index is 0.189. The first-order valence-corrected chi connectivity index (χ1v) is 10.5. The van der Waals surface area contributed by atoms with E-state index in [0.717, 1.165) is 15.1 Å². The summed E-state index contributed by atoms with van der Waals surface area (Å²) in [4.78, 5) is 42.6. The fourth-order valence-corrected chi connectivity index (χ4v) is 4.67. The zero-order valence-corrected chi connectivity index (χ0v) is 17.2. The van der Waals surface area contributed by atoms with Gasteiger partial charge in [-0.2, -0.15) is 4.99 Å². The highest BCUT2D eigenvalue weighted by molar-refractivity contribution is 7.16. The van der Waals surface area contributed by atoms with E-state index in [9.17, 15) is 14.4 Å². The maximum atomic E-state index is 12.8. The number of nitrogens with zero attached hydrogens (tertiary/aromatic N) is 3. The summed E-state index contributed by atoms with van der Waals surface area (Å²) in [7, 11) is 0. The summed E-state index contributed by atoms with van der Waals surface area (Å²) >= 11 is 1.37. The fraction of sp³-hybridized carbons (Fsp3) is 0.182. The number of amides is 3. The molecule has 0 radical (unpaired) electrons. The number of carbonyl (C=O) groups is 3. The summed E-state index contributed by atoms with van der Waals surface area (Å²) in [5, 5.41) is 0. The molecular weight excluding hydrogens is 418 g/mol. The van der Waals surface area contributed by atoms with Crippen molar-refractivity contribution in [1.82, 2.24) is 4.57 Å². The molecule has 3 aromatic rings. The van der Waals surface area contributed by atoms with Crippen LogP contribution in [0.4, 0.5) is 5.69 Å². The summed E-state index contributed by atoms with van der Waals surface area (Å²) in [6.45, 7) is 4.46. The first kappa shape index (κ1) is 19.3. The molecule has 0 unspecified atom stereocenters. The Morgan fingerprint density at radius 2 is 1.77 bits per heavy atom. The quantitative estimate of drug-likeness (QED) is 0.464.